The Morgan fingerprint density at radius 2 is 2.08 bits per heavy atom. The summed E-state index contributed by atoms with van der Waals surface area (Å²) in [4.78, 5) is 0. The van der Waals surface area contributed by atoms with Crippen LogP contribution in [0, 0.1) is 11.6 Å². The van der Waals surface area contributed by atoms with Crippen LogP contribution in [0.25, 0.3) is 5.57 Å². The summed E-state index contributed by atoms with van der Waals surface area (Å²) in [6, 6.07) is 3.30. The predicted octanol–water partition coefficient (Wildman–Crippen LogP) is 2.33. The maximum Gasteiger partial charge on any atom is 0.130 e. The van der Waals surface area contributed by atoms with Crippen molar-refractivity contribution < 1.29 is 8.78 Å². The number of hydrogen-bond donors (Lipinski definition) is 1. The van der Waals surface area contributed by atoms with Crippen LogP contribution in [-0.2, 0) is 0 Å². The van der Waals surface area contributed by atoms with Crippen LogP contribution in [0.3, 0.4) is 0 Å². The lowest BCUT2D eigenvalue weighted by Gasteiger charge is -2.05. The van der Waals surface area contributed by atoms with Gasteiger partial charge in [-0.25, -0.2) is 8.78 Å². The molecule has 1 aromatic rings. The molecule has 0 atom stereocenters. The predicted molar refractivity (Wildman–Crippen MR) is 49.1 cm³/mol. The second kappa shape index (κ2) is 4.14. The van der Waals surface area contributed by atoms with E-state index >= 15 is 0 Å². The van der Waals surface area contributed by atoms with Gasteiger partial charge in [-0.2, -0.15) is 0 Å². The normalized spacial score (nSPS) is 10.1. The van der Waals surface area contributed by atoms with Crippen LogP contribution in [-0.4, -0.2) is 6.54 Å². The number of hydrogen-bond acceptors (Lipinski definition) is 1. The third-order valence-electron chi connectivity index (χ3n) is 1.76. The first kappa shape index (κ1) is 9.86. The first-order chi connectivity index (χ1) is 6.15. The summed E-state index contributed by atoms with van der Waals surface area (Å²) < 4.78 is 25.8. The van der Waals surface area contributed by atoms with Crippen molar-refractivity contribution in [2.24, 2.45) is 5.73 Å². The SMILES string of the molecule is C=C(CCN)c1cc(F)ccc1F. The molecule has 0 aliphatic carbocycles. The van der Waals surface area contributed by atoms with Crippen molar-refractivity contribution in [2.75, 3.05) is 6.54 Å². The average molecular weight is 183 g/mol. The van der Waals surface area contributed by atoms with E-state index in [2.05, 4.69) is 6.58 Å². The quantitative estimate of drug-likeness (QED) is 0.764. The van der Waals surface area contributed by atoms with Crippen molar-refractivity contribution in [3.63, 3.8) is 0 Å². The Morgan fingerprint density at radius 1 is 1.38 bits per heavy atom. The molecule has 0 bridgehead atoms. The fourth-order valence-corrected chi connectivity index (χ4v) is 1.08. The summed E-state index contributed by atoms with van der Waals surface area (Å²) in [5.41, 5.74) is 6.02. The smallest absolute Gasteiger partial charge is 0.130 e. The highest BCUT2D eigenvalue weighted by atomic mass is 19.1. The number of benzene rings is 1. The lowest BCUT2D eigenvalue weighted by Crippen LogP contribution is -2.00. The Balaban J connectivity index is 2.99. The van der Waals surface area contributed by atoms with Crippen molar-refractivity contribution in [2.45, 2.75) is 6.42 Å². The first-order valence-corrected chi connectivity index (χ1v) is 3.98. The molecule has 70 valence electrons. The number of rotatable bonds is 3. The summed E-state index contributed by atoms with van der Waals surface area (Å²) >= 11 is 0. The molecule has 0 saturated heterocycles. The lowest BCUT2D eigenvalue weighted by atomic mass is 10.0. The minimum absolute atomic E-state index is 0.213. The minimum atomic E-state index is -0.463. The second-order valence-corrected chi connectivity index (χ2v) is 2.77. The van der Waals surface area contributed by atoms with Crippen LogP contribution in [0.4, 0.5) is 8.78 Å². The molecule has 2 N–H and O–H groups in total. The Kier molecular flexibility index (Phi) is 3.14. The topological polar surface area (TPSA) is 26.0 Å². The van der Waals surface area contributed by atoms with E-state index in [1.165, 1.54) is 0 Å². The molecule has 0 amide bonds. The third kappa shape index (κ3) is 2.36. The molecular weight excluding hydrogens is 172 g/mol. The Hall–Kier alpha value is -1.22. The highest BCUT2D eigenvalue weighted by molar-refractivity contribution is 5.63. The maximum atomic E-state index is 13.1. The minimum Gasteiger partial charge on any atom is -0.330 e. The number of nitrogens with two attached hydrogens (primary N) is 1. The number of halogens is 2. The maximum absolute atomic E-state index is 13.1. The zero-order valence-electron chi connectivity index (χ0n) is 7.19. The molecule has 3 heteroatoms. The molecule has 13 heavy (non-hydrogen) atoms. The van der Waals surface area contributed by atoms with Gasteiger partial charge in [-0.3, -0.25) is 0 Å². The summed E-state index contributed by atoms with van der Waals surface area (Å²) in [6.45, 7) is 4.01. The Morgan fingerprint density at radius 3 is 2.69 bits per heavy atom. The molecule has 0 spiro atoms. The molecule has 0 fully saturated rings. The molecule has 1 nitrogen and oxygen atoms in total. The third-order valence-corrected chi connectivity index (χ3v) is 1.76. The Labute approximate surface area is 75.9 Å². The van der Waals surface area contributed by atoms with Gasteiger partial charge < -0.3 is 5.73 Å². The molecule has 0 unspecified atom stereocenters. The molecule has 0 aliphatic rings. The van der Waals surface area contributed by atoms with E-state index in [1.54, 1.807) is 0 Å². The van der Waals surface area contributed by atoms with E-state index in [9.17, 15) is 8.78 Å². The lowest BCUT2D eigenvalue weighted by molar-refractivity contribution is 0.596. The molecule has 0 saturated carbocycles. The van der Waals surface area contributed by atoms with E-state index in [0.29, 0.717) is 18.5 Å². The summed E-state index contributed by atoms with van der Waals surface area (Å²) in [5.74, 6) is -0.922. The van der Waals surface area contributed by atoms with Gasteiger partial charge in [-0.1, -0.05) is 6.58 Å². The van der Waals surface area contributed by atoms with Crippen molar-refractivity contribution in [3.05, 3.63) is 42.0 Å². The van der Waals surface area contributed by atoms with Crippen LogP contribution in [0.1, 0.15) is 12.0 Å². The van der Waals surface area contributed by atoms with Crippen LogP contribution in [0.15, 0.2) is 24.8 Å². The van der Waals surface area contributed by atoms with Crippen LogP contribution in [0.2, 0.25) is 0 Å². The van der Waals surface area contributed by atoms with Gasteiger partial charge in [-0.05, 0) is 36.7 Å². The molecule has 0 heterocycles. The van der Waals surface area contributed by atoms with Gasteiger partial charge in [0.25, 0.3) is 0 Å². The molecule has 0 aromatic heterocycles. The summed E-state index contributed by atoms with van der Waals surface area (Å²) in [7, 11) is 0. The van der Waals surface area contributed by atoms with Crippen LogP contribution >= 0.6 is 0 Å². The van der Waals surface area contributed by atoms with Gasteiger partial charge >= 0.3 is 0 Å². The van der Waals surface area contributed by atoms with Gasteiger partial charge in [0.05, 0.1) is 0 Å². The fraction of sp³-hybridized carbons (Fsp3) is 0.200. The average Bonchev–Trinajstić information content (AvgIpc) is 2.09. The van der Waals surface area contributed by atoms with Crippen molar-refractivity contribution in [3.8, 4) is 0 Å². The summed E-state index contributed by atoms with van der Waals surface area (Å²) in [5, 5.41) is 0. The van der Waals surface area contributed by atoms with Crippen molar-refractivity contribution >= 4 is 5.57 Å². The highest BCUT2D eigenvalue weighted by Gasteiger charge is 2.06. The van der Waals surface area contributed by atoms with Gasteiger partial charge in [0.2, 0.25) is 0 Å². The standard InChI is InChI=1S/C10H11F2N/c1-7(4-5-13)9-6-8(11)2-3-10(9)12/h2-3,6H,1,4-5,13H2. The zero-order chi connectivity index (χ0) is 9.84. The fourth-order valence-electron chi connectivity index (χ4n) is 1.08. The molecule has 1 aromatic carbocycles. The van der Waals surface area contributed by atoms with Crippen molar-refractivity contribution in [1.82, 2.24) is 0 Å². The molecule has 0 aliphatic heterocycles. The summed E-state index contributed by atoms with van der Waals surface area (Å²) in [6.07, 6.45) is 0.473. The first-order valence-electron chi connectivity index (χ1n) is 3.98. The molecular formula is C10H11F2N. The molecule has 0 radical (unpaired) electrons. The van der Waals surface area contributed by atoms with Crippen molar-refractivity contribution in [1.29, 1.82) is 0 Å². The van der Waals surface area contributed by atoms with Crippen LogP contribution in [0.5, 0.6) is 0 Å². The van der Waals surface area contributed by atoms with Crippen LogP contribution < -0.4 is 5.73 Å². The second-order valence-electron chi connectivity index (χ2n) is 2.77. The monoisotopic (exact) mass is 183 g/mol. The van der Waals surface area contributed by atoms with Gasteiger partial charge in [0.1, 0.15) is 11.6 Å². The van der Waals surface area contributed by atoms with Gasteiger partial charge in [-0.15, -0.1) is 0 Å². The molecule has 1 rings (SSSR count). The Bertz CT molecular complexity index is 321. The van der Waals surface area contributed by atoms with E-state index < -0.39 is 11.6 Å². The van der Waals surface area contributed by atoms with Gasteiger partial charge in [0.15, 0.2) is 0 Å². The van der Waals surface area contributed by atoms with E-state index in [1.807, 2.05) is 0 Å². The van der Waals surface area contributed by atoms with Gasteiger partial charge in [0, 0.05) is 5.56 Å². The zero-order valence-corrected chi connectivity index (χ0v) is 7.19. The highest BCUT2D eigenvalue weighted by Crippen LogP contribution is 2.19. The van der Waals surface area contributed by atoms with E-state index in [0.717, 1.165) is 18.2 Å². The largest absolute Gasteiger partial charge is 0.330 e. The van der Waals surface area contributed by atoms with E-state index in [4.69, 9.17) is 5.73 Å². The van der Waals surface area contributed by atoms with E-state index in [-0.39, 0.29) is 5.56 Å².